The normalized spacial score (nSPS) is 28.7. The van der Waals surface area contributed by atoms with E-state index in [1.807, 2.05) is 0 Å². The van der Waals surface area contributed by atoms with E-state index in [9.17, 15) is 0 Å². The molecule has 0 aromatic carbocycles. The number of likely N-dealkylation sites (tertiary alicyclic amines) is 1. The van der Waals surface area contributed by atoms with Crippen LogP contribution in [0.2, 0.25) is 0 Å². The average molecular weight is 296 g/mol. The molecule has 0 aromatic rings. The van der Waals surface area contributed by atoms with Gasteiger partial charge in [0.1, 0.15) is 0 Å². The zero-order valence-corrected chi connectivity index (χ0v) is 14.7. The molecule has 0 aromatic heterocycles. The molecule has 2 heteroatoms. The first-order valence-corrected chi connectivity index (χ1v) is 9.46. The van der Waals surface area contributed by atoms with Crippen LogP contribution in [0.4, 0.5) is 0 Å². The van der Waals surface area contributed by atoms with E-state index >= 15 is 0 Å². The van der Waals surface area contributed by atoms with E-state index in [2.05, 4.69) is 25.7 Å². The number of rotatable bonds is 7. The van der Waals surface area contributed by atoms with Gasteiger partial charge < -0.3 is 9.64 Å². The Hall–Kier alpha value is -0.0800. The summed E-state index contributed by atoms with van der Waals surface area (Å²) in [7, 11) is 0. The minimum atomic E-state index is 0.527. The smallest absolute Gasteiger partial charge is 0.0575 e. The monoisotopic (exact) mass is 295 g/mol. The van der Waals surface area contributed by atoms with Gasteiger partial charge in [0, 0.05) is 13.2 Å². The Kier molecular flexibility index (Phi) is 7.01. The molecule has 0 unspecified atom stereocenters. The summed E-state index contributed by atoms with van der Waals surface area (Å²) in [5, 5.41) is 0. The van der Waals surface area contributed by atoms with E-state index in [1.165, 1.54) is 77.4 Å². The van der Waals surface area contributed by atoms with Crippen molar-refractivity contribution in [3.63, 3.8) is 0 Å². The van der Waals surface area contributed by atoms with E-state index in [0.717, 1.165) is 12.5 Å². The molecule has 0 N–H and O–H groups in total. The Morgan fingerprint density at radius 2 is 1.67 bits per heavy atom. The SMILES string of the molecule is CCC(C)(C)C1CCC(OCCCN2CCCCC2)CC1. The van der Waals surface area contributed by atoms with Crippen molar-refractivity contribution in [3.05, 3.63) is 0 Å². The lowest BCUT2D eigenvalue weighted by Gasteiger charge is -2.38. The summed E-state index contributed by atoms with van der Waals surface area (Å²) in [5.41, 5.74) is 0.527. The molecule has 1 saturated carbocycles. The summed E-state index contributed by atoms with van der Waals surface area (Å²) in [6, 6.07) is 0. The van der Waals surface area contributed by atoms with Gasteiger partial charge in [0.2, 0.25) is 0 Å². The molecule has 124 valence electrons. The summed E-state index contributed by atoms with van der Waals surface area (Å²) in [4.78, 5) is 2.62. The Morgan fingerprint density at radius 3 is 2.29 bits per heavy atom. The van der Waals surface area contributed by atoms with Gasteiger partial charge in [-0.15, -0.1) is 0 Å². The molecule has 0 amide bonds. The van der Waals surface area contributed by atoms with Crippen LogP contribution in [0.3, 0.4) is 0 Å². The highest BCUT2D eigenvalue weighted by Crippen LogP contribution is 2.40. The Bertz CT molecular complexity index is 275. The second-order valence-corrected chi connectivity index (χ2v) is 7.94. The third kappa shape index (κ3) is 5.56. The van der Waals surface area contributed by atoms with Gasteiger partial charge in [0.05, 0.1) is 6.10 Å². The maximum atomic E-state index is 6.14. The zero-order valence-electron chi connectivity index (χ0n) is 14.7. The van der Waals surface area contributed by atoms with Crippen LogP contribution in [0, 0.1) is 11.3 Å². The summed E-state index contributed by atoms with van der Waals surface area (Å²) >= 11 is 0. The van der Waals surface area contributed by atoms with Crippen molar-refractivity contribution in [1.29, 1.82) is 0 Å². The molecule has 2 fully saturated rings. The highest BCUT2D eigenvalue weighted by atomic mass is 16.5. The first-order chi connectivity index (χ1) is 10.1. The molecule has 0 atom stereocenters. The van der Waals surface area contributed by atoms with Crippen LogP contribution >= 0.6 is 0 Å². The lowest BCUT2D eigenvalue weighted by molar-refractivity contribution is -0.00296. The van der Waals surface area contributed by atoms with Gasteiger partial charge >= 0.3 is 0 Å². The quantitative estimate of drug-likeness (QED) is 0.621. The summed E-state index contributed by atoms with van der Waals surface area (Å²) in [5.74, 6) is 0.913. The number of nitrogens with zero attached hydrogens (tertiary/aromatic N) is 1. The largest absolute Gasteiger partial charge is 0.378 e. The fraction of sp³-hybridized carbons (Fsp3) is 1.00. The fourth-order valence-corrected chi connectivity index (χ4v) is 4.02. The summed E-state index contributed by atoms with van der Waals surface area (Å²) in [6.07, 6.45) is 12.6. The molecular weight excluding hydrogens is 258 g/mol. The molecular formula is C19H37NO. The van der Waals surface area contributed by atoms with Gasteiger partial charge in [-0.2, -0.15) is 0 Å². The molecule has 2 nitrogen and oxygen atoms in total. The minimum absolute atomic E-state index is 0.527. The molecule has 0 radical (unpaired) electrons. The van der Waals surface area contributed by atoms with Crippen LogP contribution in [0.15, 0.2) is 0 Å². The molecule has 1 heterocycles. The Morgan fingerprint density at radius 1 is 1.00 bits per heavy atom. The van der Waals surface area contributed by atoms with Crippen LogP contribution in [0.25, 0.3) is 0 Å². The Labute approximate surface area is 132 Å². The maximum Gasteiger partial charge on any atom is 0.0575 e. The predicted molar refractivity (Wildman–Crippen MR) is 90.7 cm³/mol. The summed E-state index contributed by atoms with van der Waals surface area (Å²) in [6.45, 7) is 12.1. The molecule has 2 aliphatic rings. The zero-order chi connectivity index (χ0) is 15.1. The number of hydrogen-bond acceptors (Lipinski definition) is 2. The highest BCUT2D eigenvalue weighted by molar-refractivity contribution is 4.82. The molecule has 2 rings (SSSR count). The first kappa shape index (κ1) is 17.3. The van der Waals surface area contributed by atoms with Gasteiger partial charge in [0.15, 0.2) is 0 Å². The van der Waals surface area contributed by atoms with Gasteiger partial charge in [-0.3, -0.25) is 0 Å². The van der Waals surface area contributed by atoms with Crippen LogP contribution in [-0.4, -0.2) is 37.2 Å². The van der Waals surface area contributed by atoms with Crippen molar-refractivity contribution < 1.29 is 4.74 Å². The van der Waals surface area contributed by atoms with Crippen molar-refractivity contribution in [2.24, 2.45) is 11.3 Å². The lowest BCUT2D eigenvalue weighted by Crippen LogP contribution is -2.32. The van der Waals surface area contributed by atoms with Crippen LogP contribution < -0.4 is 0 Å². The fourth-order valence-electron chi connectivity index (χ4n) is 4.02. The lowest BCUT2D eigenvalue weighted by atomic mass is 9.69. The van der Waals surface area contributed by atoms with E-state index < -0.39 is 0 Å². The van der Waals surface area contributed by atoms with Crippen molar-refractivity contribution >= 4 is 0 Å². The second-order valence-electron chi connectivity index (χ2n) is 7.94. The molecule has 1 saturated heterocycles. The van der Waals surface area contributed by atoms with E-state index in [1.54, 1.807) is 0 Å². The van der Waals surface area contributed by atoms with Crippen LogP contribution in [0.5, 0.6) is 0 Å². The van der Waals surface area contributed by atoms with Crippen molar-refractivity contribution in [2.75, 3.05) is 26.2 Å². The van der Waals surface area contributed by atoms with Gasteiger partial charge in [-0.05, 0) is 69.4 Å². The van der Waals surface area contributed by atoms with Crippen LogP contribution in [0.1, 0.15) is 78.6 Å². The Balaban J connectivity index is 1.54. The number of hydrogen-bond donors (Lipinski definition) is 0. The molecule has 21 heavy (non-hydrogen) atoms. The topological polar surface area (TPSA) is 12.5 Å². The molecule has 1 aliphatic carbocycles. The predicted octanol–water partition coefficient (Wildman–Crippen LogP) is 4.87. The first-order valence-electron chi connectivity index (χ1n) is 9.46. The molecule has 0 spiro atoms. The molecule has 1 aliphatic heterocycles. The van der Waals surface area contributed by atoms with Crippen molar-refractivity contribution in [3.8, 4) is 0 Å². The third-order valence-corrected chi connectivity index (χ3v) is 6.11. The van der Waals surface area contributed by atoms with Crippen LogP contribution in [-0.2, 0) is 4.74 Å². The second kappa shape index (κ2) is 8.53. The van der Waals surface area contributed by atoms with E-state index in [-0.39, 0.29) is 0 Å². The number of piperidine rings is 1. The van der Waals surface area contributed by atoms with E-state index in [0.29, 0.717) is 11.5 Å². The highest BCUT2D eigenvalue weighted by Gasteiger charge is 2.31. The van der Waals surface area contributed by atoms with Gasteiger partial charge in [-0.1, -0.05) is 33.6 Å². The van der Waals surface area contributed by atoms with Crippen molar-refractivity contribution in [1.82, 2.24) is 4.90 Å². The number of ether oxygens (including phenoxy) is 1. The van der Waals surface area contributed by atoms with Gasteiger partial charge in [-0.25, -0.2) is 0 Å². The van der Waals surface area contributed by atoms with Gasteiger partial charge in [0.25, 0.3) is 0 Å². The summed E-state index contributed by atoms with van der Waals surface area (Å²) < 4.78 is 6.14. The minimum Gasteiger partial charge on any atom is -0.378 e. The average Bonchev–Trinajstić information content (AvgIpc) is 2.53. The van der Waals surface area contributed by atoms with E-state index in [4.69, 9.17) is 4.74 Å². The van der Waals surface area contributed by atoms with Crippen molar-refractivity contribution in [2.45, 2.75) is 84.7 Å². The standard InChI is InChI=1S/C19H37NO/c1-4-19(2,3)17-9-11-18(12-10-17)21-16-8-15-20-13-6-5-7-14-20/h17-18H,4-16H2,1-3H3. The maximum absolute atomic E-state index is 6.14. The third-order valence-electron chi connectivity index (χ3n) is 6.11. The molecule has 0 bridgehead atoms.